The molecule has 1 nitrogen and oxygen atoms in total. The molecule has 28 heavy (non-hydrogen) atoms. The van der Waals surface area contributed by atoms with Crippen molar-refractivity contribution in [1.82, 2.24) is 0 Å². The molecule has 0 bridgehead atoms. The van der Waals surface area contributed by atoms with Gasteiger partial charge in [0.25, 0.3) is 0 Å². The molecule has 0 spiro atoms. The first-order valence-electron chi connectivity index (χ1n) is 9.49. The fourth-order valence-electron chi connectivity index (χ4n) is 3.29. The van der Waals surface area contributed by atoms with Crippen LogP contribution in [0.1, 0.15) is 11.1 Å². The highest BCUT2D eigenvalue weighted by atomic mass is 31.1. The quantitative estimate of drug-likeness (QED) is 0.410. The summed E-state index contributed by atoms with van der Waals surface area (Å²) in [7, 11) is -0.588. The second kappa shape index (κ2) is 8.87. The van der Waals surface area contributed by atoms with Gasteiger partial charge in [0, 0.05) is 0 Å². The van der Waals surface area contributed by atoms with Gasteiger partial charge in [-0.25, -0.2) is 0 Å². The Bertz CT molecular complexity index is 974. The minimum Gasteiger partial charge on any atom is -0.489 e. The van der Waals surface area contributed by atoms with E-state index in [2.05, 4.69) is 97.9 Å². The molecular weight excluding hydrogens is 359 g/mol. The minimum atomic E-state index is -0.588. The van der Waals surface area contributed by atoms with E-state index in [1.807, 2.05) is 18.2 Å². The van der Waals surface area contributed by atoms with Crippen LogP contribution in [-0.4, -0.2) is 0 Å². The Morgan fingerprint density at radius 1 is 0.643 bits per heavy atom. The van der Waals surface area contributed by atoms with Crippen molar-refractivity contribution in [2.24, 2.45) is 0 Å². The normalized spacial score (nSPS) is 10.8. The third-order valence-corrected chi connectivity index (χ3v) is 7.30. The average Bonchev–Trinajstić information content (AvgIpc) is 2.76. The molecule has 0 fully saturated rings. The van der Waals surface area contributed by atoms with Gasteiger partial charge in [0.2, 0.25) is 0 Å². The van der Waals surface area contributed by atoms with Crippen molar-refractivity contribution >= 4 is 23.8 Å². The highest BCUT2D eigenvalue weighted by Gasteiger charge is 2.18. The number of benzene rings is 4. The van der Waals surface area contributed by atoms with Crippen molar-refractivity contribution < 1.29 is 4.74 Å². The molecule has 0 saturated carbocycles. The number of ether oxygens (including phenoxy) is 1. The van der Waals surface area contributed by atoms with Crippen molar-refractivity contribution in [1.29, 1.82) is 0 Å². The second-order valence-electron chi connectivity index (χ2n) is 6.73. The van der Waals surface area contributed by atoms with Gasteiger partial charge in [-0.15, -0.1) is 0 Å². The molecule has 2 heteroatoms. The first-order valence-corrected chi connectivity index (χ1v) is 10.8. The van der Waals surface area contributed by atoms with Gasteiger partial charge in [-0.3, -0.25) is 0 Å². The lowest BCUT2D eigenvalue weighted by atomic mass is 10.2. The summed E-state index contributed by atoms with van der Waals surface area (Å²) in [6, 6.07) is 38.4. The fourth-order valence-corrected chi connectivity index (χ4v) is 5.73. The first-order chi connectivity index (χ1) is 13.8. The third kappa shape index (κ3) is 4.32. The minimum absolute atomic E-state index is 0.588. The van der Waals surface area contributed by atoms with Crippen LogP contribution >= 0.6 is 7.92 Å². The molecule has 0 N–H and O–H groups in total. The van der Waals surface area contributed by atoms with Crippen molar-refractivity contribution in [2.75, 3.05) is 0 Å². The van der Waals surface area contributed by atoms with E-state index in [1.54, 1.807) is 0 Å². The van der Waals surface area contributed by atoms with Crippen LogP contribution in [0.5, 0.6) is 5.75 Å². The van der Waals surface area contributed by atoms with Gasteiger partial charge in [0.15, 0.2) is 0 Å². The molecular formula is C26H23OP. The standard InChI is InChI=1S/C26H23OP/c1-21-19-23(27-20-22-11-5-2-6-12-22)17-18-26(21)28(24-13-7-3-8-14-24)25-15-9-4-10-16-25/h2-19H,20H2,1H3. The summed E-state index contributed by atoms with van der Waals surface area (Å²) in [5.41, 5.74) is 2.45. The Hall–Kier alpha value is -2.89. The van der Waals surface area contributed by atoms with E-state index in [9.17, 15) is 0 Å². The zero-order chi connectivity index (χ0) is 19.2. The lowest BCUT2D eigenvalue weighted by Crippen LogP contribution is -2.22. The smallest absolute Gasteiger partial charge is 0.120 e. The van der Waals surface area contributed by atoms with Gasteiger partial charge in [0.05, 0.1) is 0 Å². The van der Waals surface area contributed by atoms with Gasteiger partial charge in [-0.05, 0) is 60.1 Å². The highest BCUT2D eigenvalue weighted by Crippen LogP contribution is 2.34. The molecule has 4 rings (SSSR count). The molecule has 0 unspecified atom stereocenters. The van der Waals surface area contributed by atoms with Crippen molar-refractivity contribution in [2.45, 2.75) is 13.5 Å². The van der Waals surface area contributed by atoms with Gasteiger partial charge >= 0.3 is 0 Å². The summed E-state index contributed by atoms with van der Waals surface area (Å²) in [6.45, 7) is 2.78. The Labute approximate surface area is 168 Å². The maximum atomic E-state index is 6.03. The average molecular weight is 382 g/mol. The lowest BCUT2D eigenvalue weighted by molar-refractivity contribution is 0.306. The number of hydrogen-bond acceptors (Lipinski definition) is 1. The summed E-state index contributed by atoms with van der Waals surface area (Å²) >= 11 is 0. The van der Waals surface area contributed by atoms with Crippen molar-refractivity contribution in [3.8, 4) is 5.75 Å². The van der Waals surface area contributed by atoms with E-state index in [-0.39, 0.29) is 0 Å². The van der Waals surface area contributed by atoms with Crippen LogP contribution in [0.2, 0.25) is 0 Å². The molecule has 0 aromatic heterocycles. The van der Waals surface area contributed by atoms with Crippen molar-refractivity contribution in [3.05, 3.63) is 120 Å². The van der Waals surface area contributed by atoms with Crippen molar-refractivity contribution in [3.63, 3.8) is 0 Å². The molecule has 0 amide bonds. The number of rotatable bonds is 6. The maximum absolute atomic E-state index is 6.03. The van der Waals surface area contributed by atoms with Gasteiger partial charge in [-0.1, -0.05) is 91.0 Å². The Morgan fingerprint density at radius 2 is 1.18 bits per heavy atom. The Kier molecular flexibility index (Phi) is 5.85. The second-order valence-corrected chi connectivity index (χ2v) is 8.91. The summed E-state index contributed by atoms with van der Waals surface area (Å²) in [5.74, 6) is 0.918. The molecule has 0 radical (unpaired) electrons. The molecule has 0 atom stereocenters. The van der Waals surface area contributed by atoms with Gasteiger partial charge in [0.1, 0.15) is 12.4 Å². The van der Waals surface area contributed by atoms with Crippen LogP contribution in [0.4, 0.5) is 0 Å². The fraction of sp³-hybridized carbons (Fsp3) is 0.0769. The van der Waals surface area contributed by atoms with Crippen LogP contribution in [0.3, 0.4) is 0 Å². The van der Waals surface area contributed by atoms with E-state index in [1.165, 1.54) is 27.0 Å². The van der Waals surface area contributed by atoms with Gasteiger partial charge < -0.3 is 4.74 Å². The molecule has 0 heterocycles. The zero-order valence-electron chi connectivity index (χ0n) is 16.0. The first kappa shape index (κ1) is 18.5. The highest BCUT2D eigenvalue weighted by molar-refractivity contribution is 7.79. The third-order valence-electron chi connectivity index (χ3n) is 4.69. The molecule has 0 aliphatic heterocycles. The molecule has 138 valence electrons. The molecule has 0 aliphatic carbocycles. The monoisotopic (exact) mass is 382 g/mol. The topological polar surface area (TPSA) is 9.23 Å². The van der Waals surface area contributed by atoms with E-state index in [0.29, 0.717) is 6.61 Å². The maximum Gasteiger partial charge on any atom is 0.120 e. The Morgan fingerprint density at radius 3 is 1.71 bits per heavy atom. The number of hydrogen-bond donors (Lipinski definition) is 0. The molecule has 4 aromatic carbocycles. The SMILES string of the molecule is Cc1cc(OCc2ccccc2)ccc1P(c1ccccc1)c1ccccc1. The summed E-state index contributed by atoms with van der Waals surface area (Å²) < 4.78 is 6.03. The Balaban J connectivity index is 1.64. The molecule has 4 aromatic rings. The number of aryl methyl sites for hydroxylation is 1. The largest absolute Gasteiger partial charge is 0.489 e. The van der Waals surface area contributed by atoms with Crippen LogP contribution in [-0.2, 0) is 6.61 Å². The van der Waals surface area contributed by atoms with Crippen LogP contribution in [0.15, 0.2) is 109 Å². The summed E-state index contributed by atoms with van der Waals surface area (Å²) in [5, 5.41) is 4.11. The van der Waals surface area contributed by atoms with E-state index in [4.69, 9.17) is 4.74 Å². The van der Waals surface area contributed by atoms with Crippen LogP contribution < -0.4 is 20.7 Å². The summed E-state index contributed by atoms with van der Waals surface area (Å²) in [4.78, 5) is 0. The van der Waals surface area contributed by atoms with Crippen LogP contribution in [0, 0.1) is 6.92 Å². The predicted octanol–water partition coefficient (Wildman–Crippen LogP) is 5.33. The summed E-state index contributed by atoms with van der Waals surface area (Å²) in [6.07, 6.45) is 0. The predicted molar refractivity (Wildman–Crippen MR) is 121 cm³/mol. The van der Waals surface area contributed by atoms with Gasteiger partial charge in [-0.2, -0.15) is 0 Å². The van der Waals surface area contributed by atoms with Crippen LogP contribution in [0.25, 0.3) is 0 Å². The van der Waals surface area contributed by atoms with E-state index >= 15 is 0 Å². The molecule has 0 aliphatic rings. The van der Waals surface area contributed by atoms with E-state index in [0.717, 1.165) is 5.75 Å². The molecule has 0 saturated heterocycles. The lowest BCUT2D eigenvalue weighted by Gasteiger charge is -2.21. The zero-order valence-corrected chi connectivity index (χ0v) is 16.8. The van der Waals surface area contributed by atoms with E-state index < -0.39 is 7.92 Å².